The van der Waals surface area contributed by atoms with Crippen molar-refractivity contribution < 1.29 is 8.85 Å². The Morgan fingerprint density at radius 1 is 0.704 bits per heavy atom. The van der Waals surface area contributed by atoms with Gasteiger partial charge in [-0.05, 0) is 49.2 Å². The molecule has 2 aromatic rings. The number of rotatable bonds is 10. The molecule has 0 aliphatic rings. The second-order valence-corrected chi connectivity index (χ2v) is 9.46. The summed E-state index contributed by atoms with van der Waals surface area (Å²) in [6, 6.07) is 20.7. The molecular formula is C24H32O2Si. The van der Waals surface area contributed by atoms with Crippen molar-refractivity contribution in [3.63, 3.8) is 0 Å². The molecule has 0 spiro atoms. The zero-order valence-electron chi connectivity index (χ0n) is 17.0. The van der Waals surface area contributed by atoms with Crippen molar-refractivity contribution in [3.05, 3.63) is 83.2 Å². The summed E-state index contributed by atoms with van der Waals surface area (Å²) in [5.41, 5.74) is 6.64. The van der Waals surface area contributed by atoms with Gasteiger partial charge in [-0.3, -0.25) is 0 Å². The zero-order valence-corrected chi connectivity index (χ0v) is 18.0. The van der Waals surface area contributed by atoms with Gasteiger partial charge in [0.15, 0.2) is 0 Å². The van der Waals surface area contributed by atoms with Gasteiger partial charge in [-0.2, -0.15) is 0 Å². The van der Waals surface area contributed by atoms with Crippen LogP contribution in [0.15, 0.2) is 72.1 Å². The average molecular weight is 381 g/mol. The Hall–Kier alpha value is -1.94. The van der Waals surface area contributed by atoms with Crippen LogP contribution in [0.4, 0.5) is 0 Å². The van der Waals surface area contributed by atoms with Crippen LogP contribution in [0.1, 0.15) is 51.7 Å². The lowest BCUT2D eigenvalue weighted by Crippen LogP contribution is -2.44. The highest BCUT2D eigenvalue weighted by Gasteiger charge is 2.35. The lowest BCUT2D eigenvalue weighted by molar-refractivity contribution is 0.104. The summed E-state index contributed by atoms with van der Waals surface area (Å²) >= 11 is 0. The third-order valence-electron chi connectivity index (χ3n) is 4.54. The summed E-state index contributed by atoms with van der Waals surface area (Å²) < 4.78 is 13.1. The molecule has 2 rings (SSSR count). The van der Waals surface area contributed by atoms with Crippen LogP contribution < -0.4 is 0 Å². The van der Waals surface area contributed by atoms with Gasteiger partial charge in [0.1, 0.15) is 0 Å². The monoisotopic (exact) mass is 380 g/mol. The van der Waals surface area contributed by atoms with Gasteiger partial charge in [0.2, 0.25) is 0 Å². The predicted molar refractivity (Wildman–Crippen MR) is 118 cm³/mol. The highest BCUT2D eigenvalue weighted by atomic mass is 28.4. The van der Waals surface area contributed by atoms with E-state index >= 15 is 0 Å². The van der Waals surface area contributed by atoms with E-state index in [2.05, 4.69) is 75.5 Å². The van der Waals surface area contributed by atoms with Crippen LogP contribution in [0.25, 0.3) is 12.2 Å². The molecule has 0 bridgehead atoms. The van der Waals surface area contributed by atoms with E-state index < -0.39 is 8.56 Å². The maximum Gasteiger partial charge on any atom is 0.392 e. The first-order chi connectivity index (χ1) is 13.1. The first-order valence-electron chi connectivity index (χ1n) is 9.91. The van der Waals surface area contributed by atoms with Crippen molar-refractivity contribution in [1.29, 1.82) is 0 Å². The maximum atomic E-state index is 6.55. The lowest BCUT2D eigenvalue weighted by Gasteiger charge is -2.31. The largest absolute Gasteiger partial charge is 0.392 e. The van der Waals surface area contributed by atoms with Crippen molar-refractivity contribution in [2.75, 3.05) is 0 Å². The molecular weight excluding hydrogens is 348 g/mol. The summed E-state index contributed by atoms with van der Waals surface area (Å²) in [7, 11) is -2.69. The molecule has 0 aromatic heterocycles. The summed E-state index contributed by atoms with van der Waals surface area (Å²) in [5.74, 6) is 0. The lowest BCUT2D eigenvalue weighted by atomic mass is 10.2. The van der Waals surface area contributed by atoms with Crippen LogP contribution in [0, 0.1) is 0 Å². The summed E-state index contributed by atoms with van der Waals surface area (Å²) in [4.78, 5) is 0. The summed E-state index contributed by atoms with van der Waals surface area (Å²) in [5, 5.41) is 0. The SMILES string of the molecule is CCC(C)O[Si](/C=C/c1ccccc1)(/C=C/c1ccccc1)OC(C)CC. The Labute approximate surface area is 165 Å². The topological polar surface area (TPSA) is 18.5 Å². The molecule has 144 valence electrons. The van der Waals surface area contributed by atoms with Gasteiger partial charge >= 0.3 is 8.56 Å². The van der Waals surface area contributed by atoms with Crippen LogP contribution in [0.2, 0.25) is 0 Å². The first-order valence-corrected chi connectivity index (χ1v) is 11.9. The van der Waals surface area contributed by atoms with E-state index in [4.69, 9.17) is 8.85 Å². The van der Waals surface area contributed by atoms with Crippen LogP contribution >= 0.6 is 0 Å². The fraction of sp³-hybridized carbons (Fsp3) is 0.333. The molecule has 0 aliphatic carbocycles. The van der Waals surface area contributed by atoms with E-state index in [1.54, 1.807) is 0 Å². The third-order valence-corrected chi connectivity index (χ3v) is 7.34. The van der Waals surface area contributed by atoms with Crippen LogP contribution in [0.3, 0.4) is 0 Å². The number of hydrogen-bond acceptors (Lipinski definition) is 2. The first kappa shape index (κ1) is 21.4. The average Bonchev–Trinajstić information content (AvgIpc) is 2.72. The predicted octanol–water partition coefficient (Wildman–Crippen LogP) is 6.56. The molecule has 2 unspecified atom stereocenters. The second-order valence-electron chi connectivity index (χ2n) is 6.88. The molecule has 2 nitrogen and oxygen atoms in total. The van der Waals surface area contributed by atoms with Crippen molar-refractivity contribution >= 4 is 20.7 Å². The number of benzene rings is 2. The van der Waals surface area contributed by atoms with E-state index in [1.165, 1.54) is 0 Å². The van der Waals surface area contributed by atoms with Gasteiger partial charge in [-0.15, -0.1) is 0 Å². The summed E-state index contributed by atoms with van der Waals surface area (Å²) in [6.45, 7) is 8.53. The van der Waals surface area contributed by atoms with Gasteiger partial charge in [0.25, 0.3) is 0 Å². The van der Waals surface area contributed by atoms with Gasteiger partial charge in [0.05, 0.1) is 0 Å². The van der Waals surface area contributed by atoms with E-state index in [9.17, 15) is 0 Å². The van der Waals surface area contributed by atoms with Crippen LogP contribution in [-0.2, 0) is 8.85 Å². The minimum absolute atomic E-state index is 0.140. The summed E-state index contributed by atoms with van der Waals surface area (Å²) in [6.07, 6.45) is 6.45. The van der Waals surface area contributed by atoms with E-state index in [1.807, 2.05) is 36.4 Å². The molecule has 0 radical (unpaired) electrons. The molecule has 0 N–H and O–H groups in total. The van der Waals surface area contributed by atoms with Gasteiger partial charge < -0.3 is 8.85 Å². The molecule has 0 saturated carbocycles. The fourth-order valence-corrected chi connectivity index (χ4v) is 5.51. The molecule has 2 aromatic carbocycles. The highest BCUT2D eigenvalue weighted by molar-refractivity contribution is 6.78. The molecule has 27 heavy (non-hydrogen) atoms. The van der Waals surface area contributed by atoms with E-state index in [0.29, 0.717) is 0 Å². The van der Waals surface area contributed by atoms with Gasteiger partial charge in [0, 0.05) is 12.2 Å². The molecule has 0 saturated heterocycles. The van der Waals surface area contributed by atoms with Crippen molar-refractivity contribution in [3.8, 4) is 0 Å². The molecule has 0 fully saturated rings. The Balaban J connectivity index is 2.40. The standard InChI is InChI=1S/C24H32O2Si/c1-5-21(3)25-27(26-22(4)6-2,19-17-23-13-9-7-10-14-23)20-18-24-15-11-8-12-16-24/h7-22H,5-6H2,1-4H3/b19-17+,20-18+. The van der Waals surface area contributed by atoms with Crippen molar-refractivity contribution in [1.82, 2.24) is 0 Å². The molecule has 2 atom stereocenters. The van der Waals surface area contributed by atoms with Crippen molar-refractivity contribution in [2.24, 2.45) is 0 Å². The quantitative estimate of drug-likeness (QED) is 0.434. The molecule has 0 amide bonds. The van der Waals surface area contributed by atoms with Gasteiger partial charge in [-0.25, -0.2) is 0 Å². The molecule has 3 heteroatoms. The van der Waals surface area contributed by atoms with Gasteiger partial charge in [-0.1, -0.05) is 86.7 Å². The molecule has 0 aliphatic heterocycles. The minimum atomic E-state index is -2.69. The van der Waals surface area contributed by atoms with Crippen molar-refractivity contribution in [2.45, 2.75) is 52.7 Å². The zero-order chi connectivity index (χ0) is 19.5. The smallest absolute Gasteiger partial charge is 0.386 e. The Morgan fingerprint density at radius 2 is 1.07 bits per heavy atom. The molecule has 0 heterocycles. The third kappa shape index (κ3) is 7.29. The Morgan fingerprint density at radius 3 is 1.41 bits per heavy atom. The highest BCUT2D eigenvalue weighted by Crippen LogP contribution is 2.22. The fourth-order valence-electron chi connectivity index (χ4n) is 2.59. The Kier molecular flexibility index (Phi) is 8.72. The Bertz CT molecular complexity index is 646. The normalized spacial score (nSPS) is 14.7. The van der Waals surface area contributed by atoms with Crippen LogP contribution in [0.5, 0.6) is 0 Å². The maximum absolute atomic E-state index is 6.55. The second kappa shape index (κ2) is 11.0. The number of hydrogen-bond donors (Lipinski definition) is 0. The minimum Gasteiger partial charge on any atom is -0.386 e. The van der Waals surface area contributed by atoms with E-state index in [-0.39, 0.29) is 12.2 Å². The van der Waals surface area contributed by atoms with Crippen LogP contribution in [-0.4, -0.2) is 20.8 Å². The van der Waals surface area contributed by atoms with E-state index in [0.717, 1.165) is 24.0 Å².